The highest BCUT2D eigenvalue weighted by molar-refractivity contribution is 6.88. The predicted molar refractivity (Wildman–Crippen MR) is 84.6 cm³/mol. The highest BCUT2D eigenvalue weighted by Crippen LogP contribution is 2.36. The maximum absolute atomic E-state index is 10.7. The molecule has 0 aromatic heterocycles. The molecule has 0 saturated carbocycles. The quantitative estimate of drug-likeness (QED) is 0.840. The van der Waals surface area contributed by atoms with Gasteiger partial charge >= 0.3 is 0 Å². The zero-order valence-corrected chi connectivity index (χ0v) is 14.1. The van der Waals surface area contributed by atoms with Gasteiger partial charge in [0.1, 0.15) is 5.60 Å². The fourth-order valence-electron chi connectivity index (χ4n) is 2.52. The Balaban J connectivity index is 2.12. The van der Waals surface area contributed by atoms with Crippen molar-refractivity contribution < 1.29 is 5.11 Å². The van der Waals surface area contributed by atoms with E-state index in [1.165, 1.54) is 5.19 Å². The largest absolute Gasteiger partial charge is 0.382 e. The third-order valence-electron chi connectivity index (χ3n) is 4.14. The summed E-state index contributed by atoms with van der Waals surface area (Å²) in [5, 5.41) is 12.1. The first kappa shape index (κ1) is 14.8. The second-order valence-corrected chi connectivity index (χ2v) is 13.0. The summed E-state index contributed by atoms with van der Waals surface area (Å²) < 4.78 is 0. The van der Waals surface area contributed by atoms with Crippen molar-refractivity contribution in [3.8, 4) is 0 Å². The van der Waals surface area contributed by atoms with Crippen molar-refractivity contribution in [2.24, 2.45) is 0 Å². The van der Waals surface area contributed by atoms with Gasteiger partial charge in [-0.15, -0.1) is 0 Å². The maximum atomic E-state index is 10.7. The Bertz CT molecular complexity index is 447. The maximum Gasteiger partial charge on any atom is 0.115 e. The van der Waals surface area contributed by atoms with Gasteiger partial charge in [-0.25, -0.2) is 0 Å². The van der Waals surface area contributed by atoms with E-state index in [0.717, 1.165) is 18.7 Å². The van der Waals surface area contributed by atoms with Crippen molar-refractivity contribution in [3.63, 3.8) is 0 Å². The molecule has 1 saturated heterocycles. The average Bonchev–Trinajstić information content (AvgIpc) is 2.22. The van der Waals surface area contributed by atoms with Gasteiger partial charge in [-0.2, -0.15) is 0 Å². The van der Waals surface area contributed by atoms with Gasteiger partial charge < -0.3 is 5.11 Å². The van der Waals surface area contributed by atoms with Crippen LogP contribution in [-0.4, -0.2) is 36.7 Å². The first-order valence-electron chi connectivity index (χ1n) is 7.11. The summed E-state index contributed by atoms with van der Waals surface area (Å²) in [6.07, 6.45) is 0. The van der Waals surface area contributed by atoms with Crippen molar-refractivity contribution in [2.75, 3.05) is 13.1 Å². The zero-order chi connectivity index (χ0) is 14.5. The topological polar surface area (TPSA) is 23.5 Å². The molecule has 0 spiro atoms. The molecule has 106 valence electrons. The highest BCUT2D eigenvalue weighted by atomic mass is 28.3. The third-order valence-corrected chi connectivity index (χ3v) is 6.21. The highest BCUT2D eigenvalue weighted by Gasteiger charge is 2.46. The van der Waals surface area contributed by atoms with Crippen LogP contribution in [-0.2, 0) is 5.60 Å². The number of β-amino-alcohol motifs (C(OH)–C–C–N with tert-alkyl or cyclic N) is 1. The van der Waals surface area contributed by atoms with E-state index in [0.29, 0.717) is 0 Å². The van der Waals surface area contributed by atoms with Gasteiger partial charge in [0, 0.05) is 18.6 Å². The molecule has 1 N–H and O–H groups in total. The molecule has 2 rings (SSSR count). The Labute approximate surface area is 118 Å². The number of hydrogen-bond acceptors (Lipinski definition) is 2. The molecule has 1 aliphatic rings. The van der Waals surface area contributed by atoms with Gasteiger partial charge in [-0.3, -0.25) is 4.90 Å². The van der Waals surface area contributed by atoms with E-state index in [-0.39, 0.29) is 5.54 Å². The number of aliphatic hydroxyl groups is 1. The summed E-state index contributed by atoms with van der Waals surface area (Å²) in [5.74, 6) is 0. The molecule has 1 aliphatic heterocycles. The molecule has 0 unspecified atom stereocenters. The molecule has 0 atom stereocenters. The van der Waals surface area contributed by atoms with E-state index in [4.69, 9.17) is 0 Å². The molecule has 1 fully saturated rings. The monoisotopic (exact) mass is 277 g/mol. The Morgan fingerprint density at radius 1 is 1.05 bits per heavy atom. The van der Waals surface area contributed by atoms with Crippen LogP contribution >= 0.6 is 0 Å². The summed E-state index contributed by atoms with van der Waals surface area (Å²) in [5.41, 5.74) is 0.561. The Hall–Kier alpha value is -0.643. The van der Waals surface area contributed by atoms with Crippen molar-refractivity contribution in [3.05, 3.63) is 29.8 Å². The number of nitrogens with zero attached hydrogens (tertiary/aromatic N) is 1. The molecule has 0 amide bonds. The Kier molecular flexibility index (Phi) is 3.45. The molecule has 0 radical (unpaired) electrons. The predicted octanol–water partition coefficient (Wildman–Crippen LogP) is 2.53. The van der Waals surface area contributed by atoms with Crippen LogP contribution in [0.25, 0.3) is 0 Å². The molecular formula is C16H27NOSi. The summed E-state index contributed by atoms with van der Waals surface area (Å²) in [4.78, 5) is 2.32. The number of likely N-dealkylation sites (tertiary alicyclic amines) is 1. The molecule has 3 heteroatoms. The van der Waals surface area contributed by atoms with E-state index >= 15 is 0 Å². The van der Waals surface area contributed by atoms with Crippen LogP contribution in [0.5, 0.6) is 0 Å². The van der Waals surface area contributed by atoms with Crippen LogP contribution in [0.15, 0.2) is 24.3 Å². The first-order valence-corrected chi connectivity index (χ1v) is 10.6. The van der Waals surface area contributed by atoms with E-state index < -0.39 is 13.7 Å². The van der Waals surface area contributed by atoms with Gasteiger partial charge in [0.05, 0.1) is 8.07 Å². The number of rotatable bonds is 2. The fourth-order valence-corrected chi connectivity index (χ4v) is 3.69. The lowest BCUT2D eigenvalue weighted by Crippen LogP contribution is -2.65. The van der Waals surface area contributed by atoms with Gasteiger partial charge in [-0.1, -0.05) is 49.1 Å². The van der Waals surface area contributed by atoms with Crippen molar-refractivity contribution in [2.45, 2.75) is 51.6 Å². The first-order chi connectivity index (χ1) is 8.52. The van der Waals surface area contributed by atoms with Crippen molar-refractivity contribution in [1.29, 1.82) is 0 Å². The molecule has 19 heavy (non-hydrogen) atoms. The average molecular weight is 277 g/mol. The fraction of sp³-hybridized carbons (Fsp3) is 0.625. The lowest BCUT2D eigenvalue weighted by molar-refractivity contribution is -0.137. The minimum atomic E-state index is -1.24. The van der Waals surface area contributed by atoms with Crippen LogP contribution in [0.1, 0.15) is 26.3 Å². The van der Waals surface area contributed by atoms with E-state index in [9.17, 15) is 5.11 Å². The molecule has 1 heterocycles. The van der Waals surface area contributed by atoms with Crippen LogP contribution in [0, 0.1) is 0 Å². The van der Waals surface area contributed by atoms with E-state index in [2.05, 4.69) is 69.6 Å². The minimum absolute atomic E-state index is 0.143. The number of benzene rings is 1. The molecule has 2 nitrogen and oxygen atoms in total. The molecule has 1 aromatic rings. The van der Waals surface area contributed by atoms with Crippen molar-refractivity contribution in [1.82, 2.24) is 4.90 Å². The Morgan fingerprint density at radius 3 is 1.89 bits per heavy atom. The van der Waals surface area contributed by atoms with E-state index in [1.807, 2.05) is 0 Å². The zero-order valence-electron chi connectivity index (χ0n) is 13.1. The molecule has 0 bridgehead atoms. The summed E-state index contributed by atoms with van der Waals surface area (Å²) >= 11 is 0. The lowest BCUT2D eigenvalue weighted by atomic mass is 9.83. The van der Waals surface area contributed by atoms with Crippen molar-refractivity contribution >= 4 is 13.3 Å². The van der Waals surface area contributed by atoms with Gasteiger partial charge in [0.2, 0.25) is 0 Å². The summed E-state index contributed by atoms with van der Waals surface area (Å²) in [7, 11) is -1.24. The van der Waals surface area contributed by atoms with Crippen LogP contribution in [0.2, 0.25) is 19.6 Å². The second-order valence-electron chi connectivity index (χ2n) is 7.89. The number of hydrogen-bond donors (Lipinski definition) is 1. The smallest absolute Gasteiger partial charge is 0.115 e. The lowest BCUT2D eigenvalue weighted by Gasteiger charge is -2.53. The minimum Gasteiger partial charge on any atom is -0.382 e. The molecular weight excluding hydrogens is 250 g/mol. The molecule has 0 aliphatic carbocycles. The third kappa shape index (κ3) is 2.93. The van der Waals surface area contributed by atoms with Crippen LogP contribution in [0.4, 0.5) is 0 Å². The second kappa shape index (κ2) is 4.44. The summed E-state index contributed by atoms with van der Waals surface area (Å²) in [6, 6.07) is 8.65. The van der Waals surface area contributed by atoms with Crippen LogP contribution in [0.3, 0.4) is 0 Å². The van der Waals surface area contributed by atoms with Gasteiger partial charge in [0.15, 0.2) is 0 Å². The van der Waals surface area contributed by atoms with Gasteiger partial charge in [-0.05, 0) is 26.3 Å². The normalized spacial score (nSPS) is 20.2. The Morgan fingerprint density at radius 2 is 1.53 bits per heavy atom. The van der Waals surface area contributed by atoms with Crippen LogP contribution < -0.4 is 5.19 Å². The SMILES string of the molecule is CC(C)(C)N1CC(O)(c2ccc([Si](C)(C)C)cc2)C1. The van der Waals surface area contributed by atoms with Gasteiger partial charge in [0.25, 0.3) is 0 Å². The molecule has 1 aromatic carbocycles. The van der Waals surface area contributed by atoms with E-state index in [1.54, 1.807) is 0 Å². The standard InChI is InChI=1S/C16H27NOSi/c1-15(2,3)17-11-16(18,12-17)13-7-9-14(10-8-13)19(4,5)6/h7-10,18H,11-12H2,1-6H3. The summed E-state index contributed by atoms with van der Waals surface area (Å²) in [6.45, 7) is 15.1.